The predicted octanol–water partition coefficient (Wildman–Crippen LogP) is 2.25. The van der Waals surface area contributed by atoms with Gasteiger partial charge in [-0.2, -0.15) is 0 Å². The Morgan fingerprint density at radius 2 is 2.03 bits per heavy atom. The molecule has 3 aromatic rings. The number of anilines is 2. The number of carbonyl (C=O) groups excluding carboxylic acids is 1. The molecule has 0 radical (unpaired) electrons. The molecule has 2 heterocycles. The van der Waals surface area contributed by atoms with Crippen molar-refractivity contribution in [3.8, 4) is 5.75 Å². The summed E-state index contributed by atoms with van der Waals surface area (Å²) < 4.78 is 33.7. The molecule has 8 nitrogen and oxygen atoms in total. The molecule has 1 aliphatic heterocycles. The summed E-state index contributed by atoms with van der Waals surface area (Å²) in [5, 5.41) is 2.76. The summed E-state index contributed by atoms with van der Waals surface area (Å²) in [5.41, 5.74) is 1.73. The highest BCUT2D eigenvalue weighted by atomic mass is 32.2. The number of thiazole rings is 1. The SMILES string of the molecule is CCn1c(=O)sc2cc(NC(=O)C3CN(S(C)(=O)=O)c4ccccc4O3)ccc21. The molecule has 152 valence electrons. The summed E-state index contributed by atoms with van der Waals surface area (Å²) in [7, 11) is -3.57. The number of nitrogens with zero attached hydrogens (tertiary/aromatic N) is 2. The number of nitrogens with one attached hydrogen (secondary N) is 1. The minimum atomic E-state index is -3.57. The Kier molecular flexibility index (Phi) is 4.83. The zero-order chi connectivity index (χ0) is 20.8. The molecule has 0 saturated carbocycles. The molecule has 0 bridgehead atoms. The monoisotopic (exact) mass is 433 g/mol. The van der Waals surface area contributed by atoms with Crippen LogP contribution in [0.5, 0.6) is 5.75 Å². The smallest absolute Gasteiger partial charge is 0.308 e. The van der Waals surface area contributed by atoms with Crippen molar-refractivity contribution >= 4 is 48.9 Å². The molecule has 0 spiro atoms. The van der Waals surface area contributed by atoms with Crippen molar-refractivity contribution in [3.05, 3.63) is 52.1 Å². The molecule has 1 aromatic heterocycles. The minimum Gasteiger partial charge on any atom is -0.476 e. The van der Waals surface area contributed by atoms with Crippen molar-refractivity contribution in [3.63, 3.8) is 0 Å². The molecule has 0 fully saturated rings. The minimum absolute atomic E-state index is 0.0537. The molecule has 10 heteroatoms. The number of aromatic nitrogens is 1. The third kappa shape index (κ3) is 3.60. The topological polar surface area (TPSA) is 97.7 Å². The van der Waals surface area contributed by atoms with E-state index in [4.69, 9.17) is 4.74 Å². The van der Waals surface area contributed by atoms with E-state index < -0.39 is 22.0 Å². The summed E-state index contributed by atoms with van der Waals surface area (Å²) in [5.74, 6) is -0.132. The normalized spacial score (nSPS) is 16.3. The third-order valence-electron chi connectivity index (χ3n) is 4.68. The van der Waals surface area contributed by atoms with Gasteiger partial charge in [-0.1, -0.05) is 23.5 Å². The maximum atomic E-state index is 12.8. The van der Waals surface area contributed by atoms with Crippen LogP contribution in [-0.4, -0.2) is 37.8 Å². The Morgan fingerprint density at radius 1 is 1.28 bits per heavy atom. The number of fused-ring (bicyclic) bond motifs is 2. The number of benzene rings is 2. The largest absolute Gasteiger partial charge is 0.476 e. The Labute approximate surface area is 171 Å². The van der Waals surface area contributed by atoms with Crippen molar-refractivity contribution in [2.24, 2.45) is 0 Å². The lowest BCUT2D eigenvalue weighted by atomic mass is 10.2. The van der Waals surface area contributed by atoms with E-state index in [9.17, 15) is 18.0 Å². The first-order chi connectivity index (χ1) is 13.8. The molecule has 0 aliphatic carbocycles. The van der Waals surface area contributed by atoms with Gasteiger partial charge in [0.15, 0.2) is 6.10 Å². The van der Waals surface area contributed by atoms with Gasteiger partial charge in [-0.05, 0) is 37.3 Å². The van der Waals surface area contributed by atoms with Crippen LogP contribution in [0.2, 0.25) is 0 Å². The van der Waals surface area contributed by atoms with E-state index in [1.165, 1.54) is 4.31 Å². The van der Waals surface area contributed by atoms with Crippen LogP contribution >= 0.6 is 11.3 Å². The van der Waals surface area contributed by atoms with Gasteiger partial charge in [0.25, 0.3) is 5.91 Å². The van der Waals surface area contributed by atoms with Gasteiger partial charge in [0.2, 0.25) is 10.0 Å². The first kappa shape index (κ1) is 19.5. The quantitative estimate of drug-likeness (QED) is 0.681. The van der Waals surface area contributed by atoms with E-state index in [0.717, 1.165) is 27.8 Å². The highest BCUT2D eigenvalue weighted by molar-refractivity contribution is 7.92. The third-order valence-corrected chi connectivity index (χ3v) is 6.77. The molecule has 1 N–H and O–H groups in total. The number of carbonyl (C=O) groups is 1. The first-order valence-electron chi connectivity index (χ1n) is 8.95. The number of sulfonamides is 1. The Balaban J connectivity index is 1.60. The van der Waals surface area contributed by atoms with Crippen LogP contribution in [0.25, 0.3) is 10.2 Å². The predicted molar refractivity (Wildman–Crippen MR) is 113 cm³/mol. The van der Waals surface area contributed by atoms with Crippen LogP contribution in [0.15, 0.2) is 47.3 Å². The van der Waals surface area contributed by atoms with E-state index >= 15 is 0 Å². The van der Waals surface area contributed by atoms with Gasteiger partial charge in [-0.15, -0.1) is 0 Å². The van der Waals surface area contributed by atoms with Crippen LogP contribution < -0.4 is 19.2 Å². The van der Waals surface area contributed by atoms with Crippen LogP contribution in [0.1, 0.15) is 6.92 Å². The second-order valence-corrected chi connectivity index (χ2v) is 9.55. The first-order valence-corrected chi connectivity index (χ1v) is 11.6. The van der Waals surface area contributed by atoms with Crippen LogP contribution in [0, 0.1) is 0 Å². The zero-order valence-corrected chi connectivity index (χ0v) is 17.4. The van der Waals surface area contributed by atoms with Gasteiger partial charge >= 0.3 is 4.87 Å². The number of rotatable bonds is 4. The maximum Gasteiger partial charge on any atom is 0.308 e. The van der Waals surface area contributed by atoms with Crippen molar-refractivity contribution in [1.82, 2.24) is 4.57 Å². The second-order valence-electron chi connectivity index (χ2n) is 6.65. The number of para-hydroxylation sites is 2. The highest BCUT2D eigenvalue weighted by Gasteiger charge is 2.34. The number of hydrogen-bond acceptors (Lipinski definition) is 6. The number of aryl methyl sites for hydroxylation is 1. The fourth-order valence-electron chi connectivity index (χ4n) is 3.32. The number of amides is 1. The van der Waals surface area contributed by atoms with Crippen molar-refractivity contribution in [2.75, 3.05) is 22.4 Å². The lowest BCUT2D eigenvalue weighted by Crippen LogP contribution is -2.48. The average molecular weight is 434 g/mol. The zero-order valence-electron chi connectivity index (χ0n) is 15.8. The van der Waals surface area contributed by atoms with E-state index in [2.05, 4.69) is 5.32 Å². The van der Waals surface area contributed by atoms with Crippen molar-refractivity contribution < 1.29 is 17.9 Å². The molecule has 1 amide bonds. The molecule has 1 unspecified atom stereocenters. The van der Waals surface area contributed by atoms with Crippen LogP contribution in [0.4, 0.5) is 11.4 Å². The average Bonchev–Trinajstić information content (AvgIpc) is 3.00. The summed E-state index contributed by atoms with van der Waals surface area (Å²) >= 11 is 1.11. The van der Waals surface area contributed by atoms with E-state index in [1.54, 1.807) is 47.0 Å². The fourth-order valence-corrected chi connectivity index (χ4v) is 5.23. The van der Waals surface area contributed by atoms with Crippen molar-refractivity contribution in [1.29, 1.82) is 0 Å². The molecular weight excluding hydrogens is 414 g/mol. The fraction of sp³-hybridized carbons (Fsp3) is 0.263. The number of hydrogen-bond donors (Lipinski definition) is 1. The second kappa shape index (κ2) is 7.20. The molecule has 4 rings (SSSR count). The lowest BCUT2D eigenvalue weighted by Gasteiger charge is -2.33. The van der Waals surface area contributed by atoms with Gasteiger partial charge < -0.3 is 10.1 Å². The molecule has 0 saturated heterocycles. The summed E-state index contributed by atoms with van der Waals surface area (Å²) in [6.45, 7) is 2.35. The van der Waals surface area contributed by atoms with Gasteiger partial charge in [-0.3, -0.25) is 18.5 Å². The molecule has 1 aliphatic rings. The van der Waals surface area contributed by atoms with Crippen LogP contribution in [0.3, 0.4) is 0 Å². The maximum absolute atomic E-state index is 12.8. The summed E-state index contributed by atoms with van der Waals surface area (Å²) in [6, 6.07) is 11.9. The standard InChI is InChI=1S/C19H19N3O5S2/c1-3-21-14-9-8-12(10-17(14)28-19(21)24)20-18(23)16-11-22(29(2,25)26)13-6-4-5-7-15(13)27-16/h4-10,16H,3,11H2,1-2H3,(H,20,23). The van der Waals surface area contributed by atoms with Gasteiger partial charge in [0.05, 0.1) is 28.7 Å². The number of ether oxygens (including phenoxy) is 1. The van der Waals surface area contributed by atoms with Gasteiger partial charge in [0.1, 0.15) is 5.75 Å². The highest BCUT2D eigenvalue weighted by Crippen LogP contribution is 2.35. The van der Waals surface area contributed by atoms with Gasteiger partial charge in [0, 0.05) is 12.2 Å². The van der Waals surface area contributed by atoms with E-state index in [0.29, 0.717) is 23.7 Å². The molecule has 2 aromatic carbocycles. The van der Waals surface area contributed by atoms with Gasteiger partial charge in [-0.25, -0.2) is 8.42 Å². The van der Waals surface area contributed by atoms with E-state index in [1.807, 2.05) is 6.92 Å². The Bertz CT molecular complexity index is 1260. The Hall–Kier alpha value is -2.85. The molecular formula is C19H19N3O5S2. The van der Waals surface area contributed by atoms with Crippen LogP contribution in [-0.2, 0) is 21.4 Å². The Morgan fingerprint density at radius 3 is 2.76 bits per heavy atom. The summed E-state index contributed by atoms with van der Waals surface area (Å²) in [4.78, 5) is 24.7. The van der Waals surface area contributed by atoms with Crippen molar-refractivity contribution in [2.45, 2.75) is 19.6 Å². The lowest BCUT2D eigenvalue weighted by molar-refractivity contribution is -0.122. The molecule has 1 atom stereocenters. The summed E-state index contributed by atoms with van der Waals surface area (Å²) in [6.07, 6.45) is 0.0902. The van der Waals surface area contributed by atoms with E-state index in [-0.39, 0.29) is 11.4 Å². The molecule has 29 heavy (non-hydrogen) atoms.